The Labute approximate surface area is 102 Å². The predicted molar refractivity (Wildman–Crippen MR) is 63.4 cm³/mol. The van der Waals surface area contributed by atoms with Gasteiger partial charge in [0.15, 0.2) is 9.84 Å². The molecule has 0 aromatic carbocycles. The highest BCUT2D eigenvalue weighted by atomic mass is 32.2. The fraction of sp³-hybridized carbons (Fsp3) is 0.909. The molecule has 2 aliphatic rings. The first-order valence-electron chi connectivity index (χ1n) is 6.16. The van der Waals surface area contributed by atoms with Gasteiger partial charge in [-0.05, 0) is 25.7 Å². The summed E-state index contributed by atoms with van der Waals surface area (Å²) in [6.45, 7) is 1.27. The Bertz CT molecular complexity index is 373. The molecule has 0 radical (unpaired) electrons. The number of carbonyl (C=O) groups excluding carboxylic acids is 1. The van der Waals surface area contributed by atoms with E-state index in [1.807, 2.05) is 0 Å². The van der Waals surface area contributed by atoms with E-state index in [-0.39, 0.29) is 29.4 Å². The van der Waals surface area contributed by atoms with Gasteiger partial charge in [0.05, 0.1) is 23.5 Å². The van der Waals surface area contributed by atoms with Crippen molar-refractivity contribution in [2.45, 2.75) is 31.8 Å². The summed E-state index contributed by atoms with van der Waals surface area (Å²) in [7, 11) is -3.01. The second-order valence-electron chi connectivity index (χ2n) is 4.83. The standard InChI is InChI=1S/C11H19NO4S/c13-11(12-7-10-4-1-5-16-10)9-3-2-6-17(14,15)8-9/h9-10H,1-8H2,(H,12,13). The fourth-order valence-electron chi connectivity index (χ4n) is 2.39. The number of nitrogens with one attached hydrogen (secondary N) is 1. The van der Waals surface area contributed by atoms with Crippen LogP contribution < -0.4 is 5.32 Å². The third-order valence-electron chi connectivity index (χ3n) is 3.36. The summed E-state index contributed by atoms with van der Waals surface area (Å²) < 4.78 is 28.2. The van der Waals surface area contributed by atoms with Crippen LogP contribution in [-0.4, -0.2) is 45.1 Å². The Morgan fingerprint density at radius 1 is 1.29 bits per heavy atom. The summed E-state index contributed by atoms with van der Waals surface area (Å²) in [5.74, 6) is -0.272. The molecule has 1 amide bonds. The molecule has 2 unspecified atom stereocenters. The molecule has 6 heteroatoms. The van der Waals surface area contributed by atoms with E-state index >= 15 is 0 Å². The topological polar surface area (TPSA) is 72.5 Å². The van der Waals surface area contributed by atoms with Crippen LogP contribution in [0.5, 0.6) is 0 Å². The number of carbonyl (C=O) groups is 1. The van der Waals surface area contributed by atoms with Crippen molar-refractivity contribution in [3.63, 3.8) is 0 Å². The van der Waals surface area contributed by atoms with E-state index in [1.54, 1.807) is 0 Å². The lowest BCUT2D eigenvalue weighted by molar-refractivity contribution is -0.125. The summed E-state index contributed by atoms with van der Waals surface area (Å²) in [6.07, 6.45) is 3.40. The first-order chi connectivity index (χ1) is 8.07. The van der Waals surface area contributed by atoms with Gasteiger partial charge >= 0.3 is 0 Å². The van der Waals surface area contributed by atoms with E-state index < -0.39 is 9.84 Å². The zero-order chi connectivity index (χ0) is 12.3. The van der Waals surface area contributed by atoms with Gasteiger partial charge in [-0.1, -0.05) is 0 Å². The lowest BCUT2D eigenvalue weighted by atomic mass is 10.0. The summed E-state index contributed by atoms with van der Waals surface area (Å²) in [6, 6.07) is 0. The largest absolute Gasteiger partial charge is 0.376 e. The Kier molecular flexibility index (Phi) is 4.04. The molecule has 2 atom stereocenters. The first-order valence-corrected chi connectivity index (χ1v) is 7.99. The number of rotatable bonds is 3. The molecule has 2 aliphatic heterocycles. The van der Waals surface area contributed by atoms with Crippen LogP contribution in [0, 0.1) is 5.92 Å². The van der Waals surface area contributed by atoms with E-state index in [0.29, 0.717) is 19.4 Å². The molecule has 0 saturated carbocycles. The average molecular weight is 261 g/mol. The van der Waals surface area contributed by atoms with Crippen molar-refractivity contribution in [1.29, 1.82) is 0 Å². The van der Waals surface area contributed by atoms with E-state index in [0.717, 1.165) is 19.4 Å². The van der Waals surface area contributed by atoms with Crippen LogP contribution in [0.25, 0.3) is 0 Å². The normalized spacial score (nSPS) is 32.2. The Balaban J connectivity index is 1.79. The number of hydrogen-bond acceptors (Lipinski definition) is 4. The monoisotopic (exact) mass is 261 g/mol. The molecular weight excluding hydrogens is 242 g/mol. The lowest BCUT2D eigenvalue weighted by Crippen LogP contribution is -2.40. The molecule has 0 aliphatic carbocycles. The smallest absolute Gasteiger partial charge is 0.224 e. The van der Waals surface area contributed by atoms with Gasteiger partial charge < -0.3 is 10.1 Å². The SMILES string of the molecule is O=C(NCC1CCCO1)C1CCCS(=O)(=O)C1. The molecule has 0 aromatic rings. The molecule has 0 bridgehead atoms. The van der Waals surface area contributed by atoms with E-state index in [2.05, 4.69) is 5.32 Å². The average Bonchev–Trinajstić information content (AvgIpc) is 2.77. The van der Waals surface area contributed by atoms with Crippen LogP contribution in [0.4, 0.5) is 0 Å². The Morgan fingerprint density at radius 3 is 2.76 bits per heavy atom. The van der Waals surface area contributed by atoms with Crippen LogP contribution in [0.2, 0.25) is 0 Å². The molecule has 1 N–H and O–H groups in total. The summed E-state index contributed by atoms with van der Waals surface area (Å²) in [4.78, 5) is 11.8. The number of ether oxygens (including phenoxy) is 1. The molecule has 98 valence electrons. The van der Waals surface area contributed by atoms with Gasteiger partial charge in [-0.25, -0.2) is 8.42 Å². The van der Waals surface area contributed by atoms with Crippen molar-refractivity contribution in [3.8, 4) is 0 Å². The minimum atomic E-state index is -3.01. The highest BCUT2D eigenvalue weighted by Gasteiger charge is 2.30. The predicted octanol–water partition coefficient (Wildman–Crippen LogP) is 0.106. The van der Waals surface area contributed by atoms with Gasteiger partial charge in [-0.3, -0.25) is 4.79 Å². The van der Waals surface area contributed by atoms with Gasteiger partial charge in [-0.15, -0.1) is 0 Å². The van der Waals surface area contributed by atoms with Crippen molar-refractivity contribution in [1.82, 2.24) is 5.32 Å². The number of sulfone groups is 1. The molecule has 2 heterocycles. The summed E-state index contributed by atoms with van der Waals surface area (Å²) >= 11 is 0. The lowest BCUT2D eigenvalue weighted by Gasteiger charge is -2.21. The van der Waals surface area contributed by atoms with E-state index in [9.17, 15) is 13.2 Å². The maximum atomic E-state index is 11.8. The quantitative estimate of drug-likeness (QED) is 0.782. The zero-order valence-electron chi connectivity index (χ0n) is 9.85. The van der Waals surface area contributed by atoms with Gasteiger partial charge in [0.1, 0.15) is 0 Å². The molecule has 2 saturated heterocycles. The molecule has 17 heavy (non-hydrogen) atoms. The van der Waals surface area contributed by atoms with Gasteiger partial charge in [-0.2, -0.15) is 0 Å². The van der Waals surface area contributed by atoms with Crippen molar-refractivity contribution in [2.24, 2.45) is 5.92 Å². The second kappa shape index (κ2) is 5.35. The van der Waals surface area contributed by atoms with Crippen LogP contribution in [-0.2, 0) is 19.4 Å². The van der Waals surface area contributed by atoms with Crippen molar-refractivity contribution in [2.75, 3.05) is 24.7 Å². The minimum Gasteiger partial charge on any atom is -0.376 e. The van der Waals surface area contributed by atoms with Crippen molar-refractivity contribution in [3.05, 3.63) is 0 Å². The summed E-state index contributed by atoms with van der Waals surface area (Å²) in [5, 5.41) is 2.80. The molecule has 0 spiro atoms. The van der Waals surface area contributed by atoms with Gasteiger partial charge in [0.25, 0.3) is 0 Å². The van der Waals surface area contributed by atoms with Crippen molar-refractivity contribution >= 4 is 15.7 Å². The van der Waals surface area contributed by atoms with Crippen LogP contribution >= 0.6 is 0 Å². The van der Waals surface area contributed by atoms with E-state index in [1.165, 1.54) is 0 Å². The molecular formula is C11H19NO4S. The Morgan fingerprint density at radius 2 is 2.12 bits per heavy atom. The van der Waals surface area contributed by atoms with Gasteiger partial charge in [0.2, 0.25) is 5.91 Å². The van der Waals surface area contributed by atoms with Crippen LogP contribution in [0.15, 0.2) is 0 Å². The molecule has 0 aromatic heterocycles. The summed E-state index contributed by atoms with van der Waals surface area (Å²) in [5.41, 5.74) is 0. The molecule has 2 fully saturated rings. The van der Waals surface area contributed by atoms with Crippen LogP contribution in [0.1, 0.15) is 25.7 Å². The van der Waals surface area contributed by atoms with E-state index in [4.69, 9.17) is 4.74 Å². The highest BCUT2D eigenvalue weighted by molar-refractivity contribution is 7.91. The number of hydrogen-bond donors (Lipinski definition) is 1. The number of amides is 1. The fourth-order valence-corrected chi connectivity index (χ4v) is 4.10. The maximum Gasteiger partial charge on any atom is 0.224 e. The Hall–Kier alpha value is -0.620. The maximum absolute atomic E-state index is 11.8. The minimum absolute atomic E-state index is 0.00432. The van der Waals surface area contributed by atoms with Crippen molar-refractivity contribution < 1.29 is 17.9 Å². The first kappa shape index (κ1) is 12.8. The van der Waals surface area contributed by atoms with Gasteiger partial charge in [0, 0.05) is 13.2 Å². The highest BCUT2D eigenvalue weighted by Crippen LogP contribution is 2.18. The third-order valence-corrected chi connectivity index (χ3v) is 5.18. The molecule has 2 rings (SSSR count). The van der Waals surface area contributed by atoms with Crippen LogP contribution in [0.3, 0.4) is 0 Å². The third kappa shape index (κ3) is 3.67. The zero-order valence-corrected chi connectivity index (χ0v) is 10.7. The molecule has 5 nitrogen and oxygen atoms in total. The second-order valence-corrected chi connectivity index (χ2v) is 7.06.